The number of aromatic amines is 1. The Morgan fingerprint density at radius 1 is 1.86 bits per heavy atom. The van der Waals surface area contributed by atoms with Crippen LogP contribution in [-0.4, -0.2) is 10.2 Å². The molecule has 0 aliphatic rings. The molecule has 0 atom stereocenters. The van der Waals surface area contributed by atoms with Crippen molar-refractivity contribution in [2.75, 3.05) is 0 Å². The molecule has 0 amide bonds. The smallest absolute Gasteiger partial charge is 0.364 e. The van der Waals surface area contributed by atoms with Gasteiger partial charge in [0.2, 0.25) is 0 Å². The Balaban J connectivity index is 3.30. The van der Waals surface area contributed by atoms with Crippen LogP contribution in [0.15, 0.2) is 9.21 Å². The third-order valence-electron chi connectivity index (χ3n) is 0.412. The van der Waals surface area contributed by atoms with Crippen molar-refractivity contribution in [3.8, 4) is 0 Å². The van der Waals surface area contributed by atoms with Gasteiger partial charge >= 0.3 is 11.9 Å². The van der Waals surface area contributed by atoms with Crippen molar-refractivity contribution in [3.05, 3.63) is 16.7 Å². The molecule has 0 bridgehead atoms. The Labute approximate surface area is 37.0 Å². The first-order chi connectivity index (χ1) is 3.29. The van der Waals surface area contributed by atoms with Gasteiger partial charge in [0.15, 0.2) is 0 Å². The van der Waals surface area contributed by atoms with E-state index in [0.717, 1.165) is 0 Å². The van der Waals surface area contributed by atoms with Crippen LogP contribution in [0.4, 0.5) is 4.39 Å². The van der Waals surface area contributed by atoms with E-state index in [1.807, 2.05) is 0 Å². The standard InChI is InChI=1S/C2HFN2O2/c3-1-4-5-2(6)7-1/h(H,5,6). The fourth-order valence-electron chi connectivity index (χ4n) is 0.212. The van der Waals surface area contributed by atoms with Gasteiger partial charge in [0.05, 0.1) is 0 Å². The van der Waals surface area contributed by atoms with Crippen LogP contribution in [0.5, 0.6) is 0 Å². The maximum Gasteiger partial charge on any atom is 0.436 e. The third kappa shape index (κ3) is 0.648. The molecule has 0 aliphatic carbocycles. The van der Waals surface area contributed by atoms with E-state index in [1.165, 1.54) is 0 Å². The summed E-state index contributed by atoms with van der Waals surface area (Å²) in [5.74, 6) is -0.877. The highest BCUT2D eigenvalue weighted by Gasteiger charge is 1.92. The summed E-state index contributed by atoms with van der Waals surface area (Å²) in [5.41, 5.74) is 0. The Morgan fingerprint density at radius 2 is 2.57 bits per heavy atom. The molecule has 0 spiro atoms. The van der Waals surface area contributed by atoms with Crippen molar-refractivity contribution in [1.29, 1.82) is 0 Å². The minimum absolute atomic E-state index is 0.877. The average Bonchev–Trinajstić information content (AvgIpc) is 1.87. The summed E-state index contributed by atoms with van der Waals surface area (Å²) in [4.78, 5) is 9.77. The predicted octanol–water partition coefficient (Wildman–Crippen LogP) is -0.498. The lowest BCUT2D eigenvalue weighted by Gasteiger charge is -1.58. The number of nitrogens with zero attached hydrogens (tertiary/aromatic N) is 1. The normalized spacial score (nSPS) is 9.29. The van der Waals surface area contributed by atoms with Gasteiger partial charge in [-0.1, -0.05) is 0 Å². The molecule has 1 N–H and O–H groups in total. The fourth-order valence-corrected chi connectivity index (χ4v) is 0.212. The summed E-state index contributed by atoms with van der Waals surface area (Å²) in [6, 6.07) is 0. The molecule has 1 rings (SSSR count). The van der Waals surface area contributed by atoms with Gasteiger partial charge in [-0.3, -0.25) is 0 Å². The van der Waals surface area contributed by atoms with Crippen LogP contribution in [0.25, 0.3) is 0 Å². The van der Waals surface area contributed by atoms with Gasteiger partial charge < -0.3 is 4.42 Å². The lowest BCUT2D eigenvalue weighted by Crippen LogP contribution is -1.93. The fraction of sp³-hybridized carbons (Fsp3) is 0. The second-order valence-corrected chi connectivity index (χ2v) is 0.866. The monoisotopic (exact) mass is 104 g/mol. The highest BCUT2D eigenvalue weighted by atomic mass is 19.1. The molecule has 0 aromatic carbocycles. The summed E-state index contributed by atoms with van der Waals surface area (Å²) < 4.78 is 15.1. The van der Waals surface area contributed by atoms with E-state index in [2.05, 4.69) is 9.52 Å². The van der Waals surface area contributed by atoms with Crippen molar-refractivity contribution < 1.29 is 8.81 Å². The predicted molar refractivity (Wildman–Crippen MR) is 17.1 cm³/mol. The summed E-state index contributed by atoms with van der Waals surface area (Å²) >= 11 is 0. The number of hydrogen-bond donors (Lipinski definition) is 1. The molecule has 0 aliphatic heterocycles. The lowest BCUT2D eigenvalue weighted by molar-refractivity contribution is 0.321. The van der Waals surface area contributed by atoms with Gasteiger partial charge in [0, 0.05) is 0 Å². The van der Waals surface area contributed by atoms with Gasteiger partial charge in [-0.05, 0) is 0 Å². The van der Waals surface area contributed by atoms with E-state index in [0.29, 0.717) is 0 Å². The van der Waals surface area contributed by atoms with Crippen molar-refractivity contribution in [1.82, 2.24) is 10.2 Å². The van der Waals surface area contributed by atoms with Gasteiger partial charge in [0.1, 0.15) is 0 Å². The maximum absolute atomic E-state index is 11.4. The molecule has 1 aromatic heterocycles. The molecule has 1 heterocycles. The second-order valence-electron chi connectivity index (χ2n) is 0.866. The van der Waals surface area contributed by atoms with Crippen LogP contribution in [0.1, 0.15) is 0 Å². The zero-order chi connectivity index (χ0) is 5.28. The maximum atomic E-state index is 11.4. The van der Waals surface area contributed by atoms with E-state index < -0.39 is 11.9 Å². The Morgan fingerprint density at radius 3 is 2.71 bits per heavy atom. The minimum atomic E-state index is -1.13. The van der Waals surface area contributed by atoms with E-state index >= 15 is 0 Å². The quantitative estimate of drug-likeness (QED) is 0.482. The molecule has 0 saturated carbocycles. The Hall–Kier alpha value is -1.13. The Kier molecular flexibility index (Phi) is 0.680. The number of hydrogen-bond acceptors (Lipinski definition) is 3. The molecule has 4 nitrogen and oxygen atoms in total. The third-order valence-corrected chi connectivity index (χ3v) is 0.412. The zero-order valence-electron chi connectivity index (χ0n) is 3.14. The first-order valence-electron chi connectivity index (χ1n) is 1.50. The molecule has 7 heavy (non-hydrogen) atoms. The number of H-pyrrole nitrogens is 1. The van der Waals surface area contributed by atoms with Gasteiger partial charge in [-0.2, -0.15) is 0 Å². The molecule has 0 saturated heterocycles. The highest BCUT2D eigenvalue weighted by molar-refractivity contribution is 4.42. The molecule has 1 aromatic rings. The molecule has 0 fully saturated rings. The zero-order valence-corrected chi connectivity index (χ0v) is 3.14. The highest BCUT2D eigenvalue weighted by Crippen LogP contribution is 1.76. The molecular weight excluding hydrogens is 103 g/mol. The summed E-state index contributed by atoms with van der Waals surface area (Å²) in [6.45, 7) is 0. The summed E-state index contributed by atoms with van der Waals surface area (Å²) in [7, 11) is 0. The van der Waals surface area contributed by atoms with E-state index in [9.17, 15) is 9.18 Å². The van der Waals surface area contributed by atoms with Crippen LogP contribution < -0.4 is 5.76 Å². The van der Waals surface area contributed by atoms with Crippen LogP contribution in [0.2, 0.25) is 0 Å². The van der Waals surface area contributed by atoms with Gasteiger partial charge in [0.25, 0.3) is 0 Å². The van der Waals surface area contributed by atoms with Crippen molar-refractivity contribution in [3.63, 3.8) is 0 Å². The van der Waals surface area contributed by atoms with Crippen molar-refractivity contribution in [2.24, 2.45) is 0 Å². The van der Waals surface area contributed by atoms with Crippen LogP contribution in [-0.2, 0) is 0 Å². The molecular formula is C2HFN2O2. The van der Waals surface area contributed by atoms with E-state index in [-0.39, 0.29) is 0 Å². The van der Waals surface area contributed by atoms with Crippen molar-refractivity contribution >= 4 is 0 Å². The first kappa shape index (κ1) is 4.04. The second kappa shape index (κ2) is 1.18. The number of rotatable bonds is 0. The molecule has 0 unspecified atom stereocenters. The lowest BCUT2D eigenvalue weighted by atomic mass is 11.4. The number of halogens is 1. The topological polar surface area (TPSA) is 58.9 Å². The summed E-state index contributed by atoms with van der Waals surface area (Å²) in [5, 5.41) is 4.47. The molecule has 5 heteroatoms. The number of aromatic nitrogens is 2. The SMILES string of the molecule is O=c1[nH]nc(F)o1. The van der Waals surface area contributed by atoms with E-state index in [1.54, 1.807) is 5.10 Å². The van der Waals surface area contributed by atoms with Gasteiger partial charge in [-0.25, -0.2) is 9.89 Å². The molecule has 0 radical (unpaired) electrons. The van der Waals surface area contributed by atoms with Crippen LogP contribution in [0.3, 0.4) is 0 Å². The largest absolute Gasteiger partial charge is 0.436 e. The first-order valence-corrected chi connectivity index (χ1v) is 1.50. The number of nitrogens with one attached hydrogen (secondary N) is 1. The molecule has 38 valence electrons. The van der Waals surface area contributed by atoms with Crippen molar-refractivity contribution in [2.45, 2.75) is 0 Å². The Bertz CT molecular complexity index is 201. The summed E-state index contributed by atoms with van der Waals surface area (Å²) in [6.07, 6.45) is -1.13. The van der Waals surface area contributed by atoms with Crippen LogP contribution in [0, 0.1) is 6.14 Å². The van der Waals surface area contributed by atoms with Crippen LogP contribution >= 0.6 is 0 Å². The van der Waals surface area contributed by atoms with E-state index in [4.69, 9.17) is 0 Å². The minimum Gasteiger partial charge on any atom is -0.364 e. The average molecular weight is 104 g/mol. The van der Waals surface area contributed by atoms with Gasteiger partial charge in [-0.15, -0.1) is 9.49 Å².